The van der Waals surface area contributed by atoms with Crippen molar-refractivity contribution in [2.75, 3.05) is 13.2 Å². The molecule has 0 aliphatic heterocycles. The smallest absolute Gasteiger partial charge is 0.305 e. The van der Waals surface area contributed by atoms with Crippen molar-refractivity contribution in [2.45, 2.75) is 424 Å². The first-order valence-electron chi connectivity index (χ1n) is 36.6. The normalized spacial score (nSPS) is 12.6. The first-order valence-corrected chi connectivity index (χ1v) is 36.6. The van der Waals surface area contributed by atoms with E-state index in [1.807, 2.05) is 0 Å². The second kappa shape index (κ2) is 69.8. The number of hydrogen-bond donors (Lipinski definition) is 3. The van der Waals surface area contributed by atoms with Crippen molar-refractivity contribution in [1.82, 2.24) is 5.32 Å². The minimum atomic E-state index is -0.667. The Morgan fingerprint density at radius 1 is 0.350 bits per heavy atom. The predicted octanol–water partition coefficient (Wildman–Crippen LogP) is 23.7. The van der Waals surface area contributed by atoms with Gasteiger partial charge in [0.1, 0.15) is 0 Å². The maximum absolute atomic E-state index is 12.6. The molecule has 0 spiro atoms. The van der Waals surface area contributed by atoms with E-state index < -0.39 is 12.1 Å². The van der Waals surface area contributed by atoms with Gasteiger partial charge in [-0.05, 0) is 57.8 Å². The van der Waals surface area contributed by atoms with E-state index in [0.29, 0.717) is 25.9 Å². The van der Waals surface area contributed by atoms with Crippen molar-refractivity contribution < 1.29 is 24.5 Å². The van der Waals surface area contributed by atoms with Crippen LogP contribution in [0.3, 0.4) is 0 Å². The summed E-state index contributed by atoms with van der Waals surface area (Å²) in [5.74, 6) is -0.0236. The van der Waals surface area contributed by atoms with Crippen molar-refractivity contribution in [3.8, 4) is 0 Å². The third-order valence-electron chi connectivity index (χ3n) is 17.3. The van der Waals surface area contributed by atoms with Gasteiger partial charge in [-0.1, -0.05) is 366 Å². The van der Waals surface area contributed by atoms with E-state index in [1.54, 1.807) is 0 Å². The molecule has 0 heterocycles. The topological polar surface area (TPSA) is 95.9 Å². The number of carbonyl (C=O) groups is 2. The number of rotatable bonds is 69. The van der Waals surface area contributed by atoms with Gasteiger partial charge in [-0.2, -0.15) is 0 Å². The van der Waals surface area contributed by atoms with Crippen LogP contribution in [-0.2, 0) is 14.3 Å². The molecule has 0 aromatic rings. The highest BCUT2D eigenvalue weighted by Crippen LogP contribution is 2.19. The van der Waals surface area contributed by atoms with Crippen molar-refractivity contribution >= 4 is 11.9 Å². The molecule has 0 saturated heterocycles. The van der Waals surface area contributed by atoms with Crippen molar-refractivity contribution in [1.29, 1.82) is 0 Å². The average Bonchev–Trinajstić information content (AvgIpc) is 3.46. The highest BCUT2D eigenvalue weighted by molar-refractivity contribution is 5.76. The zero-order chi connectivity index (χ0) is 57.8. The molecule has 474 valence electrons. The fourth-order valence-electron chi connectivity index (χ4n) is 11.7. The number of allylic oxidation sites excluding steroid dienone is 4. The maximum atomic E-state index is 12.6. The van der Waals surface area contributed by atoms with Crippen molar-refractivity contribution in [3.63, 3.8) is 0 Å². The zero-order valence-electron chi connectivity index (χ0n) is 54.3. The number of aliphatic hydroxyl groups excluding tert-OH is 2. The van der Waals surface area contributed by atoms with Crippen LogP contribution in [0.5, 0.6) is 0 Å². The summed E-state index contributed by atoms with van der Waals surface area (Å²) in [6.07, 6.45) is 88.0. The van der Waals surface area contributed by atoms with Crippen LogP contribution in [0.15, 0.2) is 24.3 Å². The van der Waals surface area contributed by atoms with E-state index in [4.69, 9.17) is 4.74 Å². The van der Waals surface area contributed by atoms with Gasteiger partial charge in [0.15, 0.2) is 0 Å². The molecule has 0 bridgehead atoms. The van der Waals surface area contributed by atoms with Crippen LogP contribution in [-0.4, -0.2) is 47.4 Å². The predicted molar refractivity (Wildman–Crippen MR) is 352 cm³/mol. The Labute approximate surface area is 501 Å². The fourth-order valence-corrected chi connectivity index (χ4v) is 11.7. The number of carbonyl (C=O) groups excluding carboxylic acids is 2. The van der Waals surface area contributed by atoms with Crippen LogP contribution in [0.4, 0.5) is 0 Å². The van der Waals surface area contributed by atoms with Gasteiger partial charge in [-0.25, -0.2) is 0 Å². The van der Waals surface area contributed by atoms with E-state index in [-0.39, 0.29) is 18.5 Å². The molecule has 3 N–H and O–H groups in total. The first kappa shape index (κ1) is 78.3. The van der Waals surface area contributed by atoms with Crippen molar-refractivity contribution in [3.05, 3.63) is 24.3 Å². The van der Waals surface area contributed by atoms with Gasteiger partial charge in [-0.15, -0.1) is 0 Å². The zero-order valence-corrected chi connectivity index (χ0v) is 54.3. The lowest BCUT2D eigenvalue weighted by Gasteiger charge is -2.22. The number of amides is 1. The van der Waals surface area contributed by atoms with Crippen LogP contribution in [0, 0.1) is 0 Å². The molecule has 0 aromatic heterocycles. The van der Waals surface area contributed by atoms with Crippen LogP contribution in [0.2, 0.25) is 0 Å². The van der Waals surface area contributed by atoms with E-state index in [9.17, 15) is 19.8 Å². The first-order chi connectivity index (χ1) is 39.5. The number of aliphatic hydroxyl groups is 2. The summed E-state index contributed by atoms with van der Waals surface area (Å²) < 4.78 is 5.51. The average molecular weight is 1130 g/mol. The van der Waals surface area contributed by atoms with E-state index in [0.717, 1.165) is 51.4 Å². The fraction of sp³-hybridized carbons (Fsp3) is 0.919. The van der Waals surface area contributed by atoms with Crippen LogP contribution >= 0.6 is 0 Å². The minimum Gasteiger partial charge on any atom is -0.466 e. The monoisotopic (exact) mass is 1130 g/mol. The molecule has 2 atom stereocenters. The largest absolute Gasteiger partial charge is 0.466 e. The van der Waals surface area contributed by atoms with Gasteiger partial charge >= 0.3 is 5.97 Å². The maximum Gasteiger partial charge on any atom is 0.305 e. The molecule has 6 heteroatoms. The summed E-state index contributed by atoms with van der Waals surface area (Å²) >= 11 is 0. The van der Waals surface area contributed by atoms with Gasteiger partial charge in [0.2, 0.25) is 5.91 Å². The van der Waals surface area contributed by atoms with Crippen molar-refractivity contribution in [2.24, 2.45) is 0 Å². The van der Waals surface area contributed by atoms with Crippen LogP contribution < -0.4 is 5.32 Å². The Morgan fingerprint density at radius 3 is 0.975 bits per heavy atom. The molecule has 1 amide bonds. The van der Waals surface area contributed by atoms with Gasteiger partial charge in [-0.3, -0.25) is 9.59 Å². The summed E-state index contributed by atoms with van der Waals surface area (Å²) in [5, 5.41) is 23.5. The Balaban J connectivity index is 3.38. The number of hydrogen-bond acceptors (Lipinski definition) is 5. The Hall–Kier alpha value is -1.66. The molecule has 0 fully saturated rings. The highest BCUT2D eigenvalue weighted by Gasteiger charge is 2.20. The molecule has 0 aromatic carbocycles. The number of nitrogens with one attached hydrogen (secondary N) is 1. The van der Waals surface area contributed by atoms with E-state index >= 15 is 0 Å². The molecule has 80 heavy (non-hydrogen) atoms. The minimum absolute atomic E-state index is 0.00816. The molecule has 0 saturated carbocycles. The van der Waals surface area contributed by atoms with Gasteiger partial charge in [0.05, 0.1) is 25.4 Å². The van der Waals surface area contributed by atoms with Gasteiger partial charge < -0.3 is 20.3 Å². The third-order valence-corrected chi connectivity index (χ3v) is 17.3. The summed E-state index contributed by atoms with van der Waals surface area (Å²) in [7, 11) is 0. The van der Waals surface area contributed by atoms with Crippen LogP contribution in [0.1, 0.15) is 412 Å². The van der Waals surface area contributed by atoms with Crippen LogP contribution in [0.25, 0.3) is 0 Å². The lowest BCUT2D eigenvalue weighted by Crippen LogP contribution is -2.45. The summed E-state index contributed by atoms with van der Waals surface area (Å²) in [5.41, 5.74) is 0. The summed E-state index contributed by atoms with van der Waals surface area (Å²) in [6.45, 7) is 4.97. The van der Waals surface area contributed by atoms with Gasteiger partial charge in [0, 0.05) is 12.8 Å². The Bertz CT molecular complexity index is 1250. The quantitative estimate of drug-likeness (QED) is 0.0320. The summed E-state index contributed by atoms with van der Waals surface area (Å²) in [6, 6.07) is -0.545. The second-order valence-electron chi connectivity index (χ2n) is 25.3. The van der Waals surface area contributed by atoms with E-state index in [2.05, 4.69) is 43.5 Å². The molecular formula is C74H143NO5. The number of ether oxygens (including phenoxy) is 1. The molecule has 0 radical (unpaired) electrons. The molecule has 0 aliphatic rings. The lowest BCUT2D eigenvalue weighted by atomic mass is 10.0. The number of unbranched alkanes of at least 4 members (excludes halogenated alkanes) is 54. The SMILES string of the molecule is CCCCC/C=C\C/C=C\CCCCCCCCCCCC(=O)OCCCCCCCCCCCCCCCCCCCCCCC(=O)NC(CO)C(O)CCCCCCCCCCCCCCCCCCCCCCCCCC. The number of esters is 1. The Morgan fingerprint density at radius 2 is 0.625 bits per heavy atom. The molecule has 0 aliphatic carbocycles. The lowest BCUT2D eigenvalue weighted by molar-refractivity contribution is -0.143. The Kier molecular flexibility index (Phi) is 68.4. The molecule has 6 nitrogen and oxygen atoms in total. The second-order valence-corrected chi connectivity index (χ2v) is 25.3. The van der Waals surface area contributed by atoms with E-state index in [1.165, 1.54) is 327 Å². The summed E-state index contributed by atoms with van der Waals surface area (Å²) in [4.78, 5) is 24.7. The standard InChI is InChI=1S/C74H143NO5/c1-3-5-7-9-11-13-15-17-19-21-23-24-25-26-27-31-34-38-42-46-50-54-58-62-66-72(77)71(70-76)75-73(78)67-63-59-55-51-47-43-39-35-32-28-29-33-37-41-45-49-53-57-61-65-69-80-74(79)68-64-60-56-52-48-44-40-36-30-22-20-18-16-14-12-10-8-6-4-2/h12,14,18,20,71-72,76-77H,3-11,13,15-17,19,21-70H2,1-2H3,(H,75,78)/b14-12-,20-18-. The molecule has 2 unspecified atom stereocenters. The third kappa shape index (κ3) is 65.5. The molecule has 0 rings (SSSR count). The molecular weight excluding hydrogens is 983 g/mol. The van der Waals surface area contributed by atoms with Gasteiger partial charge in [0.25, 0.3) is 0 Å². The highest BCUT2D eigenvalue weighted by atomic mass is 16.5.